The minimum atomic E-state index is -4.01. The van der Waals surface area contributed by atoms with Crippen molar-refractivity contribution in [3.05, 3.63) is 23.8 Å². The van der Waals surface area contributed by atoms with Crippen LogP contribution in [0.1, 0.15) is 38.2 Å². The molecular formula is C18H24FN3O5S. The standard InChI is InChI=1S/C18H24FN3O5S/c1-17(15(23)20-16(24)21-17)13-10-12(6-7-14(13)27-3)28(25,26)22(2)11-18(19)8-4-5-9-18/h6-7,10H,4-5,8-9,11H2,1-3H3,(H2,20,21,23,24). The van der Waals surface area contributed by atoms with Gasteiger partial charge in [-0.1, -0.05) is 12.8 Å². The van der Waals surface area contributed by atoms with Gasteiger partial charge in [-0.25, -0.2) is 17.6 Å². The number of benzene rings is 1. The van der Waals surface area contributed by atoms with Crippen LogP contribution in [0.2, 0.25) is 0 Å². The number of ether oxygens (including phenoxy) is 1. The number of sulfonamides is 1. The Morgan fingerprint density at radius 3 is 2.43 bits per heavy atom. The molecule has 3 amide bonds. The van der Waals surface area contributed by atoms with Crippen LogP contribution in [0.4, 0.5) is 9.18 Å². The van der Waals surface area contributed by atoms with E-state index >= 15 is 0 Å². The van der Waals surface area contributed by atoms with Crippen LogP contribution >= 0.6 is 0 Å². The number of nitrogens with zero attached hydrogens (tertiary/aromatic N) is 1. The quantitative estimate of drug-likeness (QED) is 0.690. The Balaban J connectivity index is 1.98. The number of rotatable bonds is 6. The van der Waals surface area contributed by atoms with Gasteiger partial charge in [0.1, 0.15) is 17.0 Å². The number of amides is 3. The number of hydrogen-bond donors (Lipinski definition) is 2. The van der Waals surface area contributed by atoms with Gasteiger partial charge in [0.2, 0.25) is 10.0 Å². The molecule has 8 nitrogen and oxygen atoms in total. The van der Waals surface area contributed by atoms with E-state index < -0.39 is 33.2 Å². The second kappa shape index (κ2) is 7.00. The van der Waals surface area contributed by atoms with Crippen LogP contribution in [-0.2, 0) is 20.4 Å². The summed E-state index contributed by atoms with van der Waals surface area (Å²) in [6.45, 7) is 1.23. The van der Waals surface area contributed by atoms with E-state index in [1.54, 1.807) is 0 Å². The molecule has 1 heterocycles. The van der Waals surface area contributed by atoms with Gasteiger partial charge >= 0.3 is 6.03 Å². The van der Waals surface area contributed by atoms with Gasteiger partial charge in [0, 0.05) is 19.2 Å². The van der Waals surface area contributed by atoms with Crippen molar-refractivity contribution in [2.75, 3.05) is 20.7 Å². The molecule has 1 atom stereocenters. The summed E-state index contributed by atoms with van der Waals surface area (Å²) in [5, 5.41) is 4.63. The van der Waals surface area contributed by atoms with E-state index in [0.717, 1.165) is 17.1 Å². The number of carbonyl (C=O) groups excluding carboxylic acids is 2. The smallest absolute Gasteiger partial charge is 0.322 e. The molecule has 2 aliphatic rings. The summed E-state index contributed by atoms with van der Waals surface area (Å²) in [5.74, 6) is -0.369. The van der Waals surface area contributed by atoms with Crippen LogP contribution < -0.4 is 15.4 Å². The molecule has 28 heavy (non-hydrogen) atoms. The van der Waals surface area contributed by atoms with E-state index in [2.05, 4.69) is 10.6 Å². The average Bonchev–Trinajstić information content (AvgIpc) is 3.17. The maximum Gasteiger partial charge on any atom is 0.322 e. The molecule has 0 radical (unpaired) electrons. The third-order valence-electron chi connectivity index (χ3n) is 5.47. The number of urea groups is 1. The van der Waals surface area contributed by atoms with Crippen LogP contribution in [0.3, 0.4) is 0 Å². The lowest BCUT2D eigenvalue weighted by atomic mass is 9.91. The highest BCUT2D eigenvalue weighted by molar-refractivity contribution is 7.89. The molecule has 1 aliphatic heterocycles. The lowest BCUT2D eigenvalue weighted by Gasteiger charge is -2.27. The Morgan fingerprint density at radius 2 is 1.89 bits per heavy atom. The van der Waals surface area contributed by atoms with Gasteiger partial charge in [-0.2, -0.15) is 4.31 Å². The Bertz CT molecular complexity index is 914. The Labute approximate surface area is 163 Å². The zero-order chi connectivity index (χ0) is 20.7. The second-order valence-electron chi connectivity index (χ2n) is 7.51. The summed E-state index contributed by atoms with van der Waals surface area (Å²) in [6.07, 6.45) is 2.16. The van der Waals surface area contributed by atoms with Crippen molar-refractivity contribution in [2.24, 2.45) is 0 Å². The fourth-order valence-electron chi connectivity index (χ4n) is 3.80. The fourth-order valence-corrected chi connectivity index (χ4v) is 5.07. The number of halogens is 1. The van der Waals surface area contributed by atoms with Crippen molar-refractivity contribution in [2.45, 2.75) is 48.7 Å². The van der Waals surface area contributed by atoms with E-state index in [4.69, 9.17) is 4.74 Å². The van der Waals surface area contributed by atoms with Gasteiger partial charge in [0.05, 0.1) is 12.0 Å². The zero-order valence-corrected chi connectivity index (χ0v) is 16.9. The van der Waals surface area contributed by atoms with Crippen LogP contribution in [0.5, 0.6) is 5.75 Å². The topological polar surface area (TPSA) is 105 Å². The molecular weight excluding hydrogens is 389 g/mol. The van der Waals surface area contributed by atoms with Gasteiger partial charge in [0.25, 0.3) is 5.91 Å². The van der Waals surface area contributed by atoms with Crippen LogP contribution in [-0.4, -0.2) is 51.0 Å². The van der Waals surface area contributed by atoms with Crippen molar-refractivity contribution in [3.63, 3.8) is 0 Å². The number of methoxy groups -OCH3 is 1. The van der Waals surface area contributed by atoms with Gasteiger partial charge in [-0.05, 0) is 38.0 Å². The fraction of sp³-hybridized carbons (Fsp3) is 0.556. The predicted octanol–water partition coefficient (Wildman–Crippen LogP) is 1.65. The molecule has 1 aromatic rings. The molecule has 1 unspecified atom stereocenters. The largest absolute Gasteiger partial charge is 0.496 e. The molecule has 2 fully saturated rings. The molecule has 0 aromatic heterocycles. The average molecular weight is 413 g/mol. The molecule has 3 rings (SSSR count). The first kappa shape index (κ1) is 20.5. The summed E-state index contributed by atoms with van der Waals surface area (Å²) in [5.41, 5.74) is -2.81. The highest BCUT2D eigenvalue weighted by Gasteiger charge is 2.46. The SMILES string of the molecule is COc1ccc(S(=O)(=O)N(C)CC2(F)CCCC2)cc1C1(C)NC(=O)NC1=O. The summed E-state index contributed by atoms with van der Waals surface area (Å²) in [6, 6.07) is 3.36. The Hall–Kier alpha value is -2.20. The molecule has 0 spiro atoms. The lowest BCUT2D eigenvalue weighted by molar-refractivity contribution is -0.123. The van der Waals surface area contributed by atoms with Crippen molar-refractivity contribution in [1.29, 1.82) is 0 Å². The zero-order valence-electron chi connectivity index (χ0n) is 16.0. The maximum atomic E-state index is 14.8. The number of hydrogen-bond acceptors (Lipinski definition) is 5. The van der Waals surface area contributed by atoms with Crippen LogP contribution in [0.25, 0.3) is 0 Å². The number of nitrogens with one attached hydrogen (secondary N) is 2. The second-order valence-corrected chi connectivity index (χ2v) is 9.56. The molecule has 2 N–H and O–H groups in total. The molecule has 1 aliphatic carbocycles. The normalized spacial score (nSPS) is 24.3. The van der Waals surface area contributed by atoms with E-state index in [9.17, 15) is 22.4 Å². The first-order valence-corrected chi connectivity index (χ1v) is 10.4. The minimum absolute atomic E-state index is 0.109. The Morgan fingerprint density at radius 1 is 1.25 bits per heavy atom. The monoisotopic (exact) mass is 413 g/mol. The molecule has 1 aromatic carbocycles. The molecule has 1 saturated carbocycles. The molecule has 1 saturated heterocycles. The third-order valence-corrected chi connectivity index (χ3v) is 7.27. The number of imide groups is 1. The summed E-state index contributed by atoms with van der Waals surface area (Å²) in [7, 11) is -1.29. The van der Waals surface area contributed by atoms with Gasteiger partial charge < -0.3 is 10.1 Å². The van der Waals surface area contributed by atoms with Crippen molar-refractivity contribution in [1.82, 2.24) is 14.9 Å². The highest BCUT2D eigenvalue weighted by atomic mass is 32.2. The van der Waals surface area contributed by atoms with E-state index in [1.807, 2.05) is 0 Å². The Kier molecular flexibility index (Phi) is 5.13. The first-order valence-electron chi connectivity index (χ1n) is 8.99. The maximum absolute atomic E-state index is 14.8. The highest BCUT2D eigenvalue weighted by Crippen LogP contribution is 2.37. The molecule has 0 bridgehead atoms. The number of carbonyl (C=O) groups is 2. The van der Waals surface area contributed by atoms with Gasteiger partial charge in [-0.15, -0.1) is 0 Å². The van der Waals surface area contributed by atoms with Gasteiger partial charge in [-0.3, -0.25) is 10.1 Å². The lowest BCUT2D eigenvalue weighted by Crippen LogP contribution is -2.41. The van der Waals surface area contributed by atoms with Crippen molar-refractivity contribution < 1.29 is 27.1 Å². The third kappa shape index (κ3) is 3.46. The van der Waals surface area contributed by atoms with Crippen LogP contribution in [0, 0.1) is 0 Å². The summed E-state index contributed by atoms with van der Waals surface area (Å²) in [4.78, 5) is 23.8. The van der Waals surface area contributed by atoms with Gasteiger partial charge in [0.15, 0.2) is 0 Å². The summed E-state index contributed by atoms with van der Waals surface area (Å²) >= 11 is 0. The molecule has 154 valence electrons. The van der Waals surface area contributed by atoms with Crippen molar-refractivity contribution >= 4 is 22.0 Å². The van der Waals surface area contributed by atoms with E-state index in [1.165, 1.54) is 39.3 Å². The number of alkyl halides is 1. The molecule has 10 heteroatoms. The predicted molar refractivity (Wildman–Crippen MR) is 99.1 cm³/mol. The van der Waals surface area contributed by atoms with Crippen LogP contribution in [0.15, 0.2) is 23.1 Å². The first-order chi connectivity index (χ1) is 13.0. The summed E-state index contributed by atoms with van der Waals surface area (Å²) < 4.78 is 47.1. The van der Waals surface area contributed by atoms with Crippen molar-refractivity contribution in [3.8, 4) is 5.75 Å². The van der Waals surface area contributed by atoms with E-state index in [0.29, 0.717) is 12.8 Å². The van der Waals surface area contributed by atoms with E-state index in [-0.39, 0.29) is 22.8 Å². The minimum Gasteiger partial charge on any atom is -0.496 e.